The van der Waals surface area contributed by atoms with Crippen LogP contribution in [0, 0.1) is 11.8 Å². The van der Waals surface area contributed by atoms with Gasteiger partial charge >= 0.3 is 5.97 Å². The minimum Gasteiger partial charge on any atom is -0.449 e. The summed E-state index contributed by atoms with van der Waals surface area (Å²) in [4.78, 5) is 35.8. The van der Waals surface area contributed by atoms with Crippen LogP contribution in [0.5, 0.6) is 0 Å². The fraction of sp³-hybridized carbons (Fsp3) is 0.550. The Kier molecular flexibility index (Phi) is 6.77. The van der Waals surface area contributed by atoms with Crippen LogP contribution in [-0.2, 0) is 14.3 Å². The molecule has 2 amide bonds. The van der Waals surface area contributed by atoms with Crippen molar-refractivity contribution < 1.29 is 19.1 Å². The van der Waals surface area contributed by atoms with Crippen molar-refractivity contribution in [3.63, 3.8) is 0 Å². The Labute approximate surface area is 154 Å². The molecule has 0 unspecified atom stereocenters. The van der Waals surface area contributed by atoms with Gasteiger partial charge in [0.15, 0.2) is 6.10 Å². The third kappa shape index (κ3) is 5.31. The van der Waals surface area contributed by atoms with Crippen molar-refractivity contribution in [1.82, 2.24) is 5.32 Å². The highest BCUT2D eigenvalue weighted by Gasteiger charge is 2.30. The van der Waals surface area contributed by atoms with E-state index in [-0.39, 0.29) is 23.4 Å². The Balaban J connectivity index is 1.93. The van der Waals surface area contributed by atoms with Gasteiger partial charge in [-0.15, -0.1) is 0 Å². The largest absolute Gasteiger partial charge is 0.449 e. The predicted molar refractivity (Wildman–Crippen MR) is 99.7 cm³/mol. The monoisotopic (exact) mass is 360 g/mol. The Morgan fingerprint density at radius 2 is 1.92 bits per heavy atom. The molecule has 1 aromatic carbocycles. The summed E-state index contributed by atoms with van der Waals surface area (Å²) in [6, 6.07) is 6.57. The van der Waals surface area contributed by atoms with Crippen LogP contribution >= 0.6 is 0 Å². The minimum atomic E-state index is -0.878. The second kappa shape index (κ2) is 8.83. The van der Waals surface area contributed by atoms with E-state index in [1.807, 2.05) is 0 Å². The van der Waals surface area contributed by atoms with Gasteiger partial charge < -0.3 is 15.4 Å². The molecule has 142 valence electrons. The van der Waals surface area contributed by atoms with Gasteiger partial charge in [0.05, 0.1) is 5.56 Å². The number of ether oxygens (including phenoxy) is 1. The summed E-state index contributed by atoms with van der Waals surface area (Å²) in [7, 11) is 0. The number of hydrogen-bond acceptors (Lipinski definition) is 4. The Bertz CT molecular complexity index is 674. The molecule has 0 aliphatic heterocycles. The quantitative estimate of drug-likeness (QED) is 0.790. The molecule has 2 N–H and O–H groups in total. The molecule has 0 bridgehead atoms. The van der Waals surface area contributed by atoms with Crippen LogP contribution in [0.2, 0.25) is 0 Å². The number of carbonyl (C=O) groups excluding carboxylic acids is 3. The van der Waals surface area contributed by atoms with Gasteiger partial charge in [0.25, 0.3) is 5.91 Å². The molecular weight excluding hydrogens is 332 g/mol. The van der Waals surface area contributed by atoms with Crippen molar-refractivity contribution in [2.45, 2.75) is 59.1 Å². The lowest BCUT2D eigenvalue weighted by Crippen LogP contribution is -2.47. The smallest absolute Gasteiger partial charge is 0.338 e. The SMILES string of the molecule is CC(=O)Nc1cccc(C(=O)O[C@H](C)C(=O)N[C@H]2CCC[C@H](C)[C@H]2C)c1. The van der Waals surface area contributed by atoms with Gasteiger partial charge in [0.2, 0.25) is 5.91 Å². The highest BCUT2D eigenvalue weighted by Crippen LogP contribution is 2.29. The van der Waals surface area contributed by atoms with Crippen molar-refractivity contribution in [3.05, 3.63) is 29.8 Å². The molecule has 0 aromatic heterocycles. The molecule has 0 radical (unpaired) electrons. The van der Waals surface area contributed by atoms with E-state index < -0.39 is 12.1 Å². The number of esters is 1. The van der Waals surface area contributed by atoms with E-state index in [2.05, 4.69) is 24.5 Å². The maximum atomic E-state index is 12.4. The molecular formula is C20H28N2O4. The van der Waals surface area contributed by atoms with Gasteiger partial charge in [-0.25, -0.2) is 4.79 Å². The van der Waals surface area contributed by atoms with Gasteiger partial charge in [0.1, 0.15) is 0 Å². The second-order valence-corrected chi connectivity index (χ2v) is 7.19. The van der Waals surface area contributed by atoms with Crippen LogP contribution in [0.1, 0.15) is 57.3 Å². The summed E-state index contributed by atoms with van der Waals surface area (Å²) < 4.78 is 5.30. The second-order valence-electron chi connectivity index (χ2n) is 7.19. The normalized spacial score (nSPS) is 23.6. The van der Waals surface area contributed by atoms with Crippen molar-refractivity contribution in [1.29, 1.82) is 0 Å². The standard InChI is InChI=1S/C20H28N2O4/c1-12-7-5-10-18(13(12)2)22-19(24)14(3)26-20(25)16-8-6-9-17(11-16)21-15(4)23/h6,8-9,11-14,18H,5,7,10H2,1-4H3,(H,21,23)(H,22,24)/t12-,13+,14+,18-/m0/s1. The summed E-state index contributed by atoms with van der Waals surface area (Å²) >= 11 is 0. The van der Waals surface area contributed by atoms with E-state index in [0.717, 1.165) is 12.8 Å². The Morgan fingerprint density at radius 3 is 2.62 bits per heavy atom. The number of hydrogen-bond donors (Lipinski definition) is 2. The first kappa shape index (κ1) is 19.9. The zero-order valence-corrected chi connectivity index (χ0v) is 15.9. The van der Waals surface area contributed by atoms with Gasteiger partial charge in [-0.1, -0.05) is 32.8 Å². The van der Waals surface area contributed by atoms with E-state index in [9.17, 15) is 14.4 Å². The van der Waals surface area contributed by atoms with E-state index in [1.54, 1.807) is 25.1 Å². The van der Waals surface area contributed by atoms with Crippen molar-refractivity contribution >= 4 is 23.5 Å². The number of rotatable bonds is 5. The van der Waals surface area contributed by atoms with Crippen LogP contribution in [0.3, 0.4) is 0 Å². The maximum absolute atomic E-state index is 12.4. The summed E-state index contributed by atoms with van der Waals surface area (Å²) in [6.45, 7) is 7.32. The summed E-state index contributed by atoms with van der Waals surface area (Å²) in [6.07, 6.45) is 2.36. The summed E-state index contributed by atoms with van der Waals surface area (Å²) in [5.41, 5.74) is 0.796. The fourth-order valence-corrected chi connectivity index (χ4v) is 3.30. The van der Waals surface area contributed by atoms with Gasteiger partial charge in [-0.3, -0.25) is 9.59 Å². The van der Waals surface area contributed by atoms with E-state index >= 15 is 0 Å². The third-order valence-corrected chi connectivity index (χ3v) is 5.11. The molecule has 0 heterocycles. The lowest BCUT2D eigenvalue weighted by atomic mass is 9.78. The highest BCUT2D eigenvalue weighted by molar-refractivity contribution is 5.95. The first-order valence-corrected chi connectivity index (χ1v) is 9.17. The predicted octanol–water partition coefficient (Wildman–Crippen LogP) is 3.13. The zero-order chi connectivity index (χ0) is 19.3. The summed E-state index contributed by atoms with van der Waals surface area (Å²) in [5.74, 6) is -0.111. The first-order valence-electron chi connectivity index (χ1n) is 9.17. The van der Waals surface area contributed by atoms with Gasteiger partial charge in [0, 0.05) is 18.7 Å². The van der Waals surface area contributed by atoms with Crippen LogP contribution in [-0.4, -0.2) is 29.9 Å². The summed E-state index contributed by atoms with van der Waals surface area (Å²) in [5, 5.41) is 5.63. The first-order chi connectivity index (χ1) is 12.3. The molecule has 1 aromatic rings. The number of nitrogens with one attached hydrogen (secondary N) is 2. The van der Waals surface area contributed by atoms with Crippen LogP contribution < -0.4 is 10.6 Å². The molecule has 4 atom stereocenters. The van der Waals surface area contributed by atoms with Crippen molar-refractivity contribution in [2.75, 3.05) is 5.32 Å². The zero-order valence-electron chi connectivity index (χ0n) is 15.9. The molecule has 2 rings (SSSR count). The van der Waals surface area contributed by atoms with E-state index in [1.165, 1.54) is 19.4 Å². The van der Waals surface area contributed by atoms with Crippen LogP contribution in [0.4, 0.5) is 5.69 Å². The number of carbonyl (C=O) groups is 3. The minimum absolute atomic E-state index is 0.121. The van der Waals surface area contributed by atoms with Gasteiger partial charge in [-0.05, 0) is 43.4 Å². The van der Waals surface area contributed by atoms with Crippen LogP contribution in [0.25, 0.3) is 0 Å². The average molecular weight is 360 g/mol. The van der Waals surface area contributed by atoms with E-state index in [4.69, 9.17) is 4.74 Å². The van der Waals surface area contributed by atoms with Crippen molar-refractivity contribution in [3.8, 4) is 0 Å². The molecule has 1 saturated carbocycles. The molecule has 1 aliphatic carbocycles. The maximum Gasteiger partial charge on any atom is 0.338 e. The molecule has 1 fully saturated rings. The van der Waals surface area contributed by atoms with Gasteiger partial charge in [-0.2, -0.15) is 0 Å². The molecule has 1 aliphatic rings. The molecule has 6 nitrogen and oxygen atoms in total. The molecule has 26 heavy (non-hydrogen) atoms. The Hall–Kier alpha value is -2.37. The van der Waals surface area contributed by atoms with E-state index in [0.29, 0.717) is 17.5 Å². The Morgan fingerprint density at radius 1 is 1.19 bits per heavy atom. The lowest BCUT2D eigenvalue weighted by molar-refractivity contribution is -0.130. The number of amides is 2. The van der Waals surface area contributed by atoms with Crippen LogP contribution in [0.15, 0.2) is 24.3 Å². The average Bonchev–Trinajstić information content (AvgIpc) is 2.58. The molecule has 0 spiro atoms. The highest BCUT2D eigenvalue weighted by atomic mass is 16.5. The number of anilines is 1. The number of benzene rings is 1. The molecule has 6 heteroatoms. The lowest BCUT2D eigenvalue weighted by Gasteiger charge is -2.35. The van der Waals surface area contributed by atoms with Crippen molar-refractivity contribution in [2.24, 2.45) is 11.8 Å². The molecule has 0 saturated heterocycles. The topological polar surface area (TPSA) is 84.5 Å². The fourth-order valence-electron chi connectivity index (χ4n) is 3.30. The third-order valence-electron chi connectivity index (χ3n) is 5.11.